The van der Waals surface area contributed by atoms with Crippen molar-refractivity contribution in [3.63, 3.8) is 0 Å². The Morgan fingerprint density at radius 1 is 1.50 bits per heavy atom. The van der Waals surface area contributed by atoms with E-state index >= 15 is 0 Å². The van der Waals surface area contributed by atoms with Crippen LogP contribution in [0.2, 0.25) is 0 Å². The first-order chi connectivity index (χ1) is 5.74. The van der Waals surface area contributed by atoms with E-state index in [1.165, 1.54) is 12.1 Å². The fraction of sp³-hybridized carbons (Fsp3) is 0.111. The second-order valence-corrected chi connectivity index (χ2v) is 3.16. The monoisotopic (exact) mass is 229 g/mol. The summed E-state index contributed by atoms with van der Waals surface area (Å²) < 4.78 is 13.6. The molecule has 0 bridgehead atoms. The van der Waals surface area contributed by atoms with Crippen molar-refractivity contribution in [3.05, 3.63) is 40.1 Å². The fourth-order valence-corrected chi connectivity index (χ4v) is 1.22. The maximum atomic E-state index is 12.7. The van der Waals surface area contributed by atoms with E-state index in [1.54, 1.807) is 18.2 Å². The van der Waals surface area contributed by atoms with Gasteiger partial charge in [0.1, 0.15) is 5.82 Å². The molecule has 1 aromatic rings. The van der Waals surface area contributed by atoms with Gasteiger partial charge in [-0.05, 0) is 23.8 Å². The standard InChI is InChI=1S/C9H9BrFN/c10-9-4-3-8(11)6-7(9)2-1-5-12/h1-4,6H,5,12H2. The molecule has 0 aromatic heterocycles. The van der Waals surface area contributed by atoms with E-state index < -0.39 is 0 Å². The van der Waals surface area contributed by atoms with Crippen LogP contribution in [0.25, 0.3) is 6.08 Å². The van der Waals surface area contributed by atoms with Crippen LogP contribution in [-0.4, -0.2) is 6.54 Å². The first-order valence-electron chi connectivity index (χ1n) is 3.55. The molecule has 0 atom stereocenters. The summed E-state index contributed by atoms with van der Waals surface area (Å²) >= 11 is 3.30. The Bertz CT molecular complexity index is 297. The molecule has 0 unspecified atom stereocenters. The molecule has 1 aromatic carbocycles. The van der Waals surface area contributed by atoms with Crippen molar-refractivity contribution in [1.29, 1.82) is 0 Å². The van der Waals surface area contributed by atoms with Gasteiger partial charge in [0.05, 0.1) is 0 Å². The predicted octanol–water partition coefficient (Wildman–Crippen LogP) is 2.56. The van der Waals surface area contributed by atoms with Gasteiger partial charge in [-0.1, -0.05) is 28.1 Å². The topological polar surface area (TPSA) is 26.0 Å². The second kappa shape index (κ2) is 4.38. The number of hydrogen-bond donors (Lipinski definition) is 1. The highest BCUT2D eigenvalue weighted by Gasteiger charge is 1.96. The van der Waals surface area contributed by atoms with Crippen molar-refractivity contribution in [2.75, 3.05) is 6.54 Å². The predicted molar refractivity (Wildman–Crippen MR) is 52.2 cm³/mol. The molecule has 1 rings (SSSR count). The average Bonchev–Trinajstić information content (AvgIpc) is 2.07. The van der Waals surface area contributed by atoms with Crippen LogP contribution in [0.15, 0.2) is 28.7 Å². The molecule has 0 aliphatic rings. The third kappa shape index (κ3) is 2.43. The minimum absolute atomic E-state index is 0.241. The van der Waals surface area contributed by atoms with E-state index in [2.05, 4.69) is 15.9 Å². The summed E-state index contributed by atoms with van der Waals surface area (Å²) in [5.41, 5.74) is 6.07. The van der Waals surface area contributed by atoms with E-state index in [4.69, 9.17) is 5.73 Å². The maximum Gasteiger partial charge on any atom is 0.123 e. The quantitative estimate of drug-likeness (QED) is 0.830. The zero-order chi connectivity index (χ0) is 8.97. The second-order valence-electron chi connectivity index (χ2n) is 2.30. The molecule has 0 heterocycles. The van der Waals surface area contributed by atoms with Crippen LogP contribution in [0.1, 0.15) is 5.56 Å². The molecule has 0 fully saturated rings. The zero-order valence-electron chi connectivity index (χ0n) is 6.43. The van der Waals surface area contributed by atoms with Gasteiger partial charge < -0.3 is 5.73 Å². The fourth-order valence-electron chi connectivity index (χ4n) is 0.837. The molecule has 0 spiro atoms. The minimum Gasteiger partial charge on any atom is -0.327 e. The van der Waals surface area contributed by atoms with E-state index in [9.17, 15) is 4.39 Å². The Hall–Kier alpha value is -0.670. The van der Waals surface area contributed by atoms with Gasteiger partial charge in [-0.3, -0.25) is 0 Å². The number of halogens is 2. The lowest BCUT2D eigenvalue weighted by Crippen LogP contribution is -1.92. The molecular formula is C9H9BrFN. The summed E-state index contributed by atoms with van der Waals surface area (Å²) in [6.07, 6.45) is 3.56. The Morgan fingerprint density at radius 3 is 2.92 bits per heavy atom. The van der Waals surface area contributed by atoms with Gasteiger partial charge in [0.15, 0.2) is 0 Å². The molecule has 1 nitrogen and oxygen atoms in total. The molecule has 0 aliphatic heterocycles. The van der Waals surface area contributed by atoms with Gasteiger partial charge in [0.2, 0.25) is 0 Å². The van der Waals surface area contributed by atoms with E-state index in [1.807, 2.05) is 0 Å². The Kier molecular flexibility index (Phi) is 3.44. The van der Waals surface area contributed by atoms with Crippen LogP contribution in [0, 0.1) is 5.82 Å². The third-order valence-electron chi connectivity index (χ3n) is 1.39. The van der Waals surface area contributed by atoms with Crippen molar-refractivity contribution >= 4 is 22.0 Å². The highest BCUT2D eigenvalue weighted by Crippen LogP contribution is 2.18. The van der Waals surface area contributed by atoms with Gasteiger partial charge >= 0.3 is 0 Å². The highest BCUT2D eigenvalue weighted by molar-refractivity contribution is 9.10. The smallest absolute Gasteiger partial charge is 0.123 e. The molecule has 0 saturated heterocycles. The van der Waals surface area contributed by atoms with E-state index in [-0.39, 0.29) is 5.82 Å². The maximum absolute atomic E-state index is 12.7. The lowest BCUT2D eigenvalue weighted by molar-refractivity contribution is 0.627. The van der Waals surface area contributed by atoms with Gasteiger partial charge in [0.25, 0.3) is 0 Å². The molecule has 0 saturated carbocycles. The summed E-state index contributed by atoms with van der Waals surface area (Å²) in [4.78, 5) is 0. The Labute approximate surface area is 79.2 Å². The van der Waals surface area contributed by atoms with Crippen LogP contribution < -0.4 is 5.73 Å². The number of hydrogen-bond acceptors (Lipinski definition) is 1. The van der Waals surface area contributed by atoms with Crippen LogP contribution in [-0.2, 0) is 0 Å². The van der Waals surface area contributed by atoms with Crippen molar-refractivity contribution in [2.45, 2.75) is 0 Å². The lowest BCUT2D eigenvalue weighted by Gasteiger charge is -1.97. The van der Waals surface area contributed by atoms with Crippen LogP contribution >= 0.6 is 15.9 Å². The Morgan fingerprint density at radius 2 is 2.25 bits per heavy atom. The molecule has 0 aliphatic carbocycles. The van der Waals surface area contributed by atoms with Gasteiger partial charge in [-0.15, -0.1) is 0 Å². The number of rotatable bonds is 2. The summed E-state index contributed by atoms with van der Waals surface area (Å²) in [7, 11) is 0. The molecule has 3 heteroatoms. The third-order valence-corrected chi connectivity index (χ3v) is 2.11. The molecule has 0 amide bonds. The molecule has 2 N–H and O–H groups in total. The summed E-state index contributed by atoms with van der Waals surface area (Å²) in [5.74, 6) is -0.241. The van der Waals surface area contributed by atoms with Crippen LogP contribution in [0.3, 0.4) is 0 Å². The van der Waals surface area contributed by atoms with Crippen molar-refractivity contribution in [1.82, 2.24) is 0 Å². The first kappa shape index (κ1) is 9.42. The van der Waals surface area contributed by atoms with Crippen LogP contribution in [0.5, 0.6) is 0 Å². The number of nitrogens with two attached hydrogens (primary N) is 1. The molecule has 0 radical (unpaired) electrons. The Balaban J connectivity index is 2.97. The molecule has 64 valence electrons. The SMILES string of the molecule is NCC=Cc1cc(F)ccc1Br. The normalized spacial score (nSPS) is 10.9. The van der Waals surface area contributed by atoms with E-state index in [0.717, 1.165) is 10.0 Å². The van der Waals surface area contributed by atoms with Crippen LogP contribution in [0.4, 0.5) is 4.39 Å². The minimum atomic E-state index is -0.241. The molecular weight excluding hydrogens is 221 g/mol. The van der Waals surface area contributed by atoms with Crippen molar-refractivity contribution < 1.29 is 4.39 Å². The molecule has 12 heavy (non-hydrogen) atoms. The average molecular weight is 230 g/mol. The number of benzene rings is 1. The summed E-state index contributed by atoms with van der Waals surface area (Å²) in [6, 6.07) is 4.53. The van der Waals surface area contributed by atoms with Crippen molar-refractivity contribution in [3.8, 4) is 0 Å². The highest BCUT2D eigenvalue weighted by atomic mass is 79.9. The lowest BCUT2D eigenvalue weighted by atomic mass is 10.2. The van der Waals surface area contributed by atoms with Gasteiger partial charge in [0, 0.05) is 11.0 Å². The summed E-state index contributed by atoms with van der Waals surface area (Å²) in [6.45, 7) is 0.461. The van der Waals surface area contributed by atoms with Gasteiger partial charge in [-0.2, -0.15) is 0 Å². The van der Waals surface area contributed by atoms with E-state index in [0.29, 0.717) is 6.54 Å². The van der Waals surface area contributed by atoms with Gasteiger partial charge in [-0.25, -0.2) is 4.39 Å². The first-order valence-corrected chi connectivity index (χ1v) is 4.35. The largest absolute Gasteiger partial charge is 0.327 e. The zero-order valence-corrected chi connectivity index (χ0v) is 8.01. The summed E-state index contributed by atoms with van der Waals surface area (Å²) in [5, 5.41) is 0. The van der Waals surface area contributed by atoms with Crippen molar-refractivity contribution in [2.24, 2.45) is 5.73 Å².